The van der Waals surface area contributed by atoms with E-state index in [2.05, 4.69) is 10.6 Å². The van der Waals surface area contributed by atoms with Crippen LogP contribution in [0.4, 0.5) is 11.4 Å². The van der Waals surface area contributed by atoms with Crippen molar-refractivity contribution >= 4 is 46.5 Å². The molecule has 0 aromatic heterocycles. The Morgan fingerprint density at radius 3 is 2.52 bits per heavy atom. The van der Waals surface area contributed by atoms with E-state index in [-0.39, 0.29) is 18.4 Å². The lowest BCUT2D eigenvalue weighted by Crippen LogP contribution is -2.17. The quantitative estimate of drug-likeness (QED) is 0.450. The van der Waals surface area contributed by atoms with Gasteiger partial charge in [-0.15, -0.1) is 0 Å². The van der Waals surface area contributed by atoms with Crippen molar-refractivity contribution in [1.29, 1.82) is 0 Å². The van der Waals surface area contributed by atoms with E-state index in [0.717, 1.165) is 5.56 Å². The maximum atomic E-state index is 11.5. The molecular weight excluding hydrogens is 415 g/mol. The third-order valence-electron chi connectivity index (χ3n) is 4.22. The third-order valence-corrected chi connectivity index (χ3v) is 4.81. The van der Waals surface area contributed by atoms with E-state index in [9.17, 15) is 9.59 Å². The molecule has 2 aromatic carbocycles. The summed E-state index contributed by atoms with van der Waals surface area (Å²) >= 11 is 12.2. The Morgan fingerprint density at radius 2 is 1.90 bits per heavy atom. The Kier molecular flexibility index (Phi) is 8.61. The summed E-state index contributed by atoms with van der Waals surface area (Å²) in [4.78, 5) is 22.3. The monoisotopic (exact) mass is 438 g/mol. The molecule has 0 saturated carbocycles. The van der Waals surface area contributed by atoms with Gasteiger partial charge in [0.05, 0.1) is 17.5 Å². The molecule has 0 heterocycles. The molecule has 0 aliphatic rings. The van der Waals surface area contributed by atoms with E-state index < -0.39 is 5.97 Å². The Morgan fingerprint density at radius 1 is 1.14 bits per heavy atom. The van der Waals surface area contributed by atoms with Gasteiger partial charge in [-0.1, -0.05) is 36.2 Å². The Hall–Kier alpha value is -2.44. The minimum atomic E-state index is -0.852. The molecule has 0 saturated heterocycles. The molecule has 8 heteroatoms. The van der Waals surface area contributed by atoms with Crippen molar-refractivity contribution in [2.75, 3.05) is 10.6 Å². The van der Waals surface area contributed by atoms with Crippen molar-refractivity contribution in [2.45, 2.75) is 45.8 Å². The predicted molar refractivity (Wildman–Crippen MR) is 116 cm³/mol. The Labute approximate surface area is 180 Å². The summed E-state index contributed by atoms with van der Waals surface area (Å²) in [5.41, 5.74) is 2.12. The van der Waals surface area contributed by atoms with Crippen molar-refractivity contribution in [1.82, 2.24) is 0 Å². The van der Waals surface area contributed by atoms with Gasteiger partial charge in [0.25, 0.3) is 0 Å². The minimum Gasteiger partial charge on any atom is -0.490 e. The fraction of sp³-hybridized carbons (Fsp3) is 0.333. The zero-order valence-electron chi connectivity index (χ0n) is 16.3. The van der Waals surface area contributed by atoms with Crippen LogP contribution in [0.25, 0.3) is 0 Å². The summed E-state index contributed by atoms with van der Waals surface area (Å²) in [6.07, 6.45) is 0.936. The number of carboxylic acid groups (broad SMARTS) is 1. The number of halogens is 2. The van der Waals surface area contributed by atoms with Gasteiger partial charge >= 0.3 is 5.97 Å². The van der Waals surface area contributed by atoms with Crippen LogP contribution in [0.15, 0.2) is 36.4 Å². The SMILES string of the molecule is CCC(CCC(=O)O)Oc1ccc(NC(C)=O)c(NCc2ccc(Cl)cc2Cl)c1. The molecule has 0 fully saturated rings. The van der Waals surface area contributed by atoms with Crippen molar-refractivity contribution < 1.29 is 19.4 Å². The van der Waals surface area contributed by atoms with Crippen LogP contribution in [0, 0.1) is 0 Å². The van der Waals surface area contributed by atoms with E-state index in [1.807, 2.05) is 13.0 Å². The van der Waals surface area contributed by atoms with Crippen LogP contribution in [-0.2, 0) is 16.1 Å². The van der Waals surface area contributed by atoms with E-state index in [1.165, 1.54) is 6.92 Å². The zero-order valence-corrected chi connectivity index (χ0v) is 17.8. The molecule has 2 rings (SSSR count). The first-order valence-corrected chi connectivity index (χ1v) is 10.0. The molecule has 0 aliphatic carbocycles. The van der Waals surface area contributed by atoms with E-state index >= 15 is 0 Å². The summed E-state index contributed by atoms with van der Waals surface area (Å²) in [7, 11) is 0. The molecular formula is C21H24Cl2N2O4. The first-order chi connectivity index (χ1) is 13.8. The van der Waals surface area contributed by atoms with Crippen LogP contribution >= 0.6 is 23.2 Å². The molecule has 0 spiro atoms. The Balaban J connectivity index is 2.18. The van der Waals surface area contributed by atoms with E-state index in [0.29, 0.717) is 46.6 Å². The molecule has 1 atom stereocenters. The summed E-state index contributed by atoms with van der Waals surface area (Å²) in [6.45, 7) is 3.80. The normalized spacial score (nSPS) is 11.6. The Bertz CT molecular complexity index is 874. The number of carbonyl (C=O) groups excluding carboxylic acids is 1. The minimum absolute atomic E-state index is 0.0443. The highest BCUT2D eigenvalue weighted by molar-refractivity contribution is 6.35. The van der Waals surface area contributed by atoms with Gasteiger partial charge in [-0.25, -0.2) is 0 Å². The zero-order chi connectivity index (χ0) is 21.4. The average Bonchev–Trinajstić information content (AvgIpc) is 2.65. The molecule has 1 unspecified atom stereocenters. The molecule has 1 amide bonds. The van der Waals surface area contributed by atoms with Crippen LogP contribution in [0.1, 0.15) is 38.7 Å². The van der Waals surface area contributed by atoms with Crippen LogP contribution < -0.4 is 15.4 Å². The van der Waals surface area contributed by atoms with Gasteiger partial charge in [0.15, 0.2) is 0 Å². The number of hydrogen-bond acceptors (Lipinski definition) is 4. The summed E-state index contributed by atoms with van der Waals surface area (Å²) < 4.78 is 5.95. The van der Waals surface area contributed by atoms with Crippen LogP contribution in [0.5, 0.6) is 5.75 Å². The van der Waals surface area contributed by atoms with Crippen molar-refractivity contribution in [3.05, 3.63) is 52.0 Å². The van der Waals surface area contributed by atoms with E-state index in [1.54, 1.807) is 30.3 Å². The number of carbonyl (C=O) groups is 2. The number of nitrogens with one attached hydrogen (secondary N) is 2. The van der Waals surface area contributed by atoms with Gasteiger partial charge in [0, 0.05) is 36.0 Å². The highest BCUT2D eigenvalue weighted by Gasteiger charge is 2.13. The second kappa shape index (κ2) is 10.9. The van der Waals surface area contributed by atoms with Crippen LogP contribution in [0.3, 0.4) is 0 Å². The van der Waals surface area contributed by atoms with Gasteiger partial charge < -0.3 is 20.5 Å². The van der Waals surface area contributed by atoms with E-state index in [4.69, 9.17) is 33.0 Å². The lowest BCUT2D eigenvalue weighted by Gasteiger charge is -2.19. The van der Waals surface area contributed by atoms with Gasteiger partial charge in [-0.05, 0) is 42.7 Å². The summed E-state index contributed by atoms with van der Waals surface area (Å²) in [5.74, 6) is -0.463. The number of aliphatic carboxylic acids is 1. The lowest BCUT2D eigenvalue weighted by atomic mass is 10.1. The molecule has 0 bridgehead atoms. The summed E-state index contributed by atoms with van der Waals surface area (Å²) in [5, 5.41) is 16.0. The third kappa shape index (κ3) is 7.48. The topological polar surface area (TPSA) is 87.7 Å². The number of rotatable bonds is 10. The fourth-order valence-electron chi connectivity index (χ4n) is 2.72. The predicted octanol–water partition coefficient (Wildman–Crippen LogP) is 5.59. The molecule has 3 N–H and O–H groups in total. The number of hydrogen-bond donors (Lipinski definition) is 3. The standard InChI is InChI=1S/C21H24Cl2N2O4/c1-3-16(7-9-21(27)28)29-17-6-8-19(25-13(2)26)20(11-17)24-12-14-4-5-15(22)10-18(14)23/h4-6,8,10-11,16,24H,3,7,9,12H2,1-2H3,(H,25,26)(H,27,28). The first-order valence-electron chi connectivity index (χ1n) is 9.26. The second-order valence-electron chi connectivity index (χ2n) is 6.56. The maximum Gasteiger partial charge on any atom is 0.303 e. The summed E-state index contributed by atoms with van der Waals surface area (Å²) in [6, 6.07) is 10.5. The molecule has 2 aromatic rings. The molecule has 29 heavy (non-hydrogen) atoms. The van der Waals surface area contributed by atoms with Crippen LogP contribution in [0.2, 0.25) is 10.0 Å². The highest BCUT2D eigenvalue weighted by Crippen LogP contribution is 2.30. The average molecular weight is 439 g/mol. The molecule has 6 nitrogen and oxygen atoms in total. The van der Waals surface area contributed by atoms with Crippen molar-refractivity contribution in [2.24, 2.45) is 0 Å². The van der Waals surface area contributed by atoms with Crippen molar-refractivity contribution in [3.8, 4) is 5.75 Å². The number of anilines is 2. The number of amides is 1. The largest absolute Gasteiger partial charge is 0.490 e. The van der Waals surface area contributed by atoms with Crippen molar-refractivity contribution in [3.63, 3.8) is 0 Å². The smallest absolute Gasteiger partial charge is 0.303 e. The number of benzene rings is 2. The molecule has 156 valence electrons. The van der Waals surface area contributed by atoms with Crippen LogP contribution in [-0.4, -0.2) is 23.1 Å². The van der Waals surface area contributed by atoms with Gasteiger partial charge in [-0.2, -0.15) is 0 Å². The molecule has 0 aliphatic heterocycles. The first kappa shape index (κ1) is 22.8. The fourth-order valence-corrected chi connectivity index (χ4v) is 3.20. The lowest BCUT2D eigenvalue weighted by molar-refractivity contribution is -0.137. The second-order valence-corrected chi connectivity index (χ2v) is 7.40. The highest BCUT2D eigenvalue weighted by atomic mass is 35.5. The number of carboxylic acids is 1. The van der Waals surface area contributed by atoms with Gasteiger partial charge in [-0.3, -0.25) is 9.59 Å². The maximum absolute atomic E-state index is 11.5. The van der Waals surface area contributed by atoms with Gasteiger partial charge in [0.1, 0.15) is 5.75 Å². The number of ether oxygens (including phenoxy) is 1. The van der Waals surface area contributed by atoms with Gasteiger partial charge in [0.2, 0.25) is 5.91 Å². The molecule has 0 radical (unpaired) electrons.